The van der Waals surface area contributed by atoms with E-state index in [1.807, 2.05) is 0 Å². The lowest BCUT2D eigenvalue weighted by molar-refractivity contribution is 0.0591. The highest BCUT2D eigenvalue weighted by Gasteiger charge is 2.12. The molecule has 1 heterocycles. The first-order valence-corrected chi connectivity index (χ1v) is 14.5. The smallest absolute Gasteiger partial charge is 0.338 e. The van der Waals surface area contributed by atoms with Crippen LogP contribution in [0.15, 0.2) is 36.4 Å². The van der Waals surface area contributed by atoms with Crippen LogP contribution < -0.4 is 18.9 Å². The van der Waals surface area contributed by atoms with Gasteiger partial charge in [0, 0.05) is 37.8 Å². The lowest BCUT2D eigenvalue weighted by Gasteiger charge is -2.11. The predicted octanol–water partition coefficient (Wildman–Crippen LogP) is 5.62. The van der Waals surface area contributed by atoms with Gasteiger partial charge in [0.25, 0.3) is 0 Å². The Morgan fingerprint density at radius 3 is 1.02 bits per heavy atom. The maximum absolute atomic E-state index is 12.1. The maximum Gasteiger partial charge on any atom is 0.338 e. The van der Waals surface area contributed by atoms with Crippen molar-refractivity contribution in [2.45, 2.75) is 51.4 Å². The van der Waals surface area contributed by atoms with Gasteiger partial charge in [0.05, 0.1) is 51.8 Å². The maximum atomic E-state index is 12.1. The van der Waals surface area contributed by atoms with E-state index in [0.717, 1.165) is 0 Å². The fraction of sp³-hybridized carbons (Fsp3) is 0.389. The van der Waals surface area contributed by atoms with Crippen LogP contribution in [0.4, 0.5) is 0 Å². The molecule has 8 nitrogen and oxygen atoms in total. The molecule has 3 rings (SSSR count). The Balaban J connectivity index is 1.63. The van der Waals surface area contributed by atoms with Gasteiger partial charge < -0.3 is 28.4 Å². The molecular formula is C36H36O8. The normalized spacial score (nSPS) is 14.4. The minimum absolute atomic E-state index is 0.353. The molecule has 0 saturated heterocycles. The van der Waals surface area contributed by atoms with Crippen LogP contribution in [-0.4, -0.2) is 52.6 Å². The van der Waals surface area contributed by atoms with E-state index in [0.29, 0.717) is 112 Å². The van der Waals surface area contributed by atoms with Crippen molar-refractivity contribution in [3.8, 4) is 70.4 Å². The Kier molecular flexibility index (Phi) is 15.0. The zero-order chi connectivity index (χ0) is 31.2. The molecule has 2 aromatic carbocycles. The third kappa shape index (κ3) is 12.8. The van der Waals surface area contributed by atoms with Crippen LogP contribution in [0.3, 0.4) is 0 Å². The largest absolute Gasteiger partial charge is 0.493 e. The molecule has 0 saturated carbocycles. The van der Waals surface area contributed by atoms with E-state index in [-0.39, 0.29) is 0 Å². The molecule has 1 aliphatic heterocycles. The quantitative estimate of drug-likeness (QED) is 0.326. The molecule has 1 aliphatic rings. The van der Waals surface area contributed by atoms with Crippen LogP contribution in [0.2, 0.25) is 0 Å². The molecule has 4 bridgehead atoms. The highest BCUT2D eigenvalue weighted by Crippen LogP contribution is 2.25. The molecule has 8 heteroatoms. The third-order valence-corrected chi connectivity index (χ3v) is 5.94. The van der Waals surface area contributed by atoms with Crippen molar-refractivity contribution in [2.24, 2.45) is 0 Å². The van der Waals surface area contributed by atoms with Crippen molar-refractivity contribution in [3.63, 3.8) is 0 Å². The standard InChI is InChI=1S/C36H36O8/c1-39-35(37)29-23-31-27-32(24-29)42-20-16-12-8-4-6-10-14-18-22-44-34-26-30(36(38)40-2)25-33(28-34)43-21-17-13-9-5-3-7-11-15-19-41-31/h23-28H,11-22H2,1-2H3. The number of hydrogen-bond acceptors (Lipinski definition) is 8. The van der Waals surface area contributed by atoms with Crippen molar-refractivity contribution >= 4 is 11.9 Å². The van der Waals surface area contributed by atoms with Crippen molar-refractivity contribution in [1.82, 2.24) is 0 Å². The van der Waals surface area contributed by atoms with E-state index < -0.39 is 11.9 Å². The van der Waals surface area contributed by atoms with Crippen molar-refractivity contribution in [1.29, 1.82) is 0 Å². The average Bonchev–Trinajstić information content (AvgIpc) is 3.04. The van der Waals surface area contributed by atoms with Gasteiger partial charge in [-0.2, -0.15) is 0 Å². The van der Waals surface area contributed by atoms with Gasteiger partial charge in [0.1, 0.15) is 23.0 Å². The zero-order valence-corrected chi connectivity index (χ0v) is 25.2. The monoisotopic (exact) mass is 596 g/mol. The lowest BCUT2D eigenvalue weighted by atomic mass is 10.2. The zero-order valence-electron chi connectivity index (χ0n) is 25.2. The van der Waals surface area contributed by atoms with E-state index >= 15 is 0 Å². The Bertz CT molecular complexity index is 1300. The second kappa shape index (κ2) is 19.9. The summed E-state index contributed by atoms with van der Waals surface area (Å²) < 4.78 is 33.1. The molecule has 0 unspecified atom stereocenters. The average molecular weight is 597 g/mol. The van der Waals surface area contributed by atoms with E-state index in [1.54, 1.807) is 36.4 Å². The molecule has 0 N–H and O–H groups in total. The van der Waals surface area contributed by atoms with E-state index in [9.17, 15) is 9.59 Å². The van der Waals surface area contributed by atoms with Crippen molar-refractivity contribution in [2.75, 3.05) is 40.6 Å². The van der Waals surface area contributed by atoms with Gasteiger partial charge in [-0.1, -0.05) is 23.7 Å². The van der Waals surface area contributed by atoms with Crippen LogP contribution in [0.25, 0.3) is 0 Å². The minimum Gasteiger partial charge on any atom is -0.493 e. The predicted molar refractivity (Wildman–Crippen MR) is 166 cm³/mol. The molecule has 0 radical (unpaired) electrons. The van der Waals surface area contributed by atoms with Gasteiger partial charge in [-0.25, -0.2) is 9.59 Å². The number of ether oxygens (including phenoxy) is 6. The number of fused-ring (bicyclic) bond motifs is 4. The first-order chi connectivity index (χ1) is 21.6. The number of methoxy groups -OCH3 is 2. The summed E-state index contributed by atoms with van der Waals surface area (Å²) in [4.78, 5) is 24.2. The number of carbonyl (C=O) groups is 2. The summed E-state index contributed by atoms with van der Waals surface area (Å²) in [6.45, 7) is 1.68. The Morgan fingerprint density at radius 2 is 0.773 bits per heavy atom. The van der Waals surface area contributed by atoms with Crippen molar-refractivity contribution in [3.05, 3.63) is 47.5 Å². The van der Waals surface area contributed by atoms with Gasteiger partial charge in [0.2, 0.25) is 0 Å². The first kappa shape index (κ1) is 33.3. The second-order valence-electron chi connectivity index (χ2n) is 9.38. The SMILES string of the molecule is COC(=O)c1cc2cc(c1)OCCCC#CC#CCCCOc1cc(cc(C(=O)OC)c1)OCCCC#CC#CCCCO2. The Labute approximate surface area is 259 Å². The summed E-state index contributed by atoms with van der Waals surface area (Å²) in [5.74, 6) is 24.7. The van der Waals surface area contributed by atoms with Gasteiger partial charge in [-0.15, -0.1) is 0 Å². The number of carbonyl (C=O) groups excluding carboxylic acids is 2. The summed E-state index contributed by atoms with van der Waals surface area (Å²) in [6, 6.07) is 10.0. The molecular weight excluding hydrogens is 560 g/mol. The first-order valence-electron chi connectivity index (χ1n) is 14.5. The van der Waals surface area contributed by atoms with Crippen LogP contribution in [0.5, 0.6) is 23.0 Å². The summed E-state index contributed by atoms with van der Waals surface area (Å²) in [6.07, 6.45) is 5.24. The lowest BCUT2D eigenvalue weighted by Crippen LogP contribution is -2.05. The fourth-order valence-corrected chi connectivity index (χ4v) is 3.78. The van der Waals surface area contributed by atoms with E-state index in [2.05, 4.69) is 47.4 Å². The third-order valence-electron chi connectivity index (χ3n) is 5.94. The van der Waals surface area contributed by atoms with Crippen LogP contribution in [-0.2, 0) is 9.47 Å². The number of benzene rings is 2. The number of esters is 2. The van der Waals surface area contributed by atoms with Gasteiger partial charge in [-0.05, 0) is 73.6 Å². The van der Waals surface area contributed by atoms with Crippen LogP contribution in [0.1, 0.15) is 72.1 Å². The summed E-state index contributed by atoms with van der Waals surface area (Å²) in [7, 11) is 2.67. The van der Waals surface area contributed by atoms with Gasteiger partial charge >= 0.3 is 11.9 Å². The molecule has 228 valence electrons. The van der Waals surface area contributed by atoms with E-state index in [1.165, 1.54) is 14.2 Å². The topological polar surface area (TPSA) is 89.5 Å². The van der Waals surface area contributed by atoms with Gasteiger partial charge in [-0.3, -0.25) is 0 Å². The summed E-state index contributed by atoms with van der Waals surface area (Å²) >= 11 is 0. The molecule has 0 aromatic heterocycles. The van der Waals surface area contributed by atoms with Crippen molar-refractivity contribution < 1.29 is 38.0 Å². The molecule has 44 heavy (non-hydrogen) atoms. The minimum atomic E-state index is -0.467. The van der Waals surface area contributed by atoms with Crippen LogP contribution >= 0.6 is 0 Å². The van der Waals surface area contributed by atoms with E-state index in [4.69, 9.17) is 28.4 Å². The summed E-state index contributed by atoms with van der Waals surface area (Å²) in [5, 5.41) is 0. The highest BCUT2D eigenvalue weighted by atomic mass is 16.5. The molecule has 0 spiro atoms. The second-order valence-corrected chi connectivity index (χ2v) is 9.38. The fourth-order valence-electron chi connectivity index (χ4n) is 3.78. The summed E-state index contributed by atoms with van der Waals surface area (Å²) in [5.41, 5.74) is 0.706. The highest BCUT2D eigenvalue weighted by molar-refractivity contribution is 5.90. The number of hydrogen-bond donors (Lipinski definition) is 0. The molecule has 0 fully saturated rings. The number of rotatable bonds is 2. The molecule has 0 aliphatic carbocycles. The Hall–Kier alpha value is -5.18. The molecule has 2 aromatic rings. The molecule has 0 amide bonds. The van der Waals surface area contributed by atoms with Crippen LogP contribution in [0, 0.1) is 47.4 Å². The molecule has 0 atom stereocenters. The van der Waals surface area contributed by atoms with Gasteiger partial charge in [0.15, 0.2) is 0 Å². The Morgan fingerprint density at radius 1 is 0.500 bits per heavy atom.